The van der Waals surface area contributed by atoms with Gasteiger partial charge in [-0.2, -0.15) is 0 Å². The molecule has 130 valence electrons. The number of benzene rings is 2. The Bertz CT molecular complexity index is 1040. The highest BCUT2D eigenvalue weighted by molar-refractivity contribution is 6.31. The number of hydrogen-bond donors (Lipinski definition) is 2. The maximum atomic E-state index is 9.45. The van der Waals surface area contributed by atoms with E-state index in [0.717, 1.165) is 40.9 Å². The Morgan fingerprint density at radius 2 is 1.92 bits per heavy atom. The van der Waals surface area contributed by atoms with E-state index in [1.807, 2.05) is 48.9 Å². The first kappa shape index (κ1) is 16.4. The maximum Gasteiger partial charge on any atom is 0.115 e. The molecule has 4 rings (SSSR count). The third-order valence-corrected chi connectivity index (χ3v) is 4.48. The Morgan fingerprint density at radius 3 is 2.77 bits per heavy atom. The van der Waals surface area contributed by atoms with Gasteiger partial charge in [-0.05, 0) is 48.5 Å². The molecule has 0 aliphatic carbocycles. The molecule has 0 unspecified atom stereocenters. The van der Waals surface area contributed by atoms with Crippen LogP contribution in [0, 0.1) is 0 Å². The fourth-order valence-corrected chi connectivity index (χ4v) is 3.12. The van der Waals surface area contributed by atoms with E-state index in [1.54, 1.807) is 18.3 Å². The number of imidazole rings is 1. The fourth-order valence-electron chi connectivity index (χ4n) is 2.96. The van der Waals surface area contributed by atoms with Gasteiger partial charge in [0.15, 0.2) is 0 Å². The van der Waals surface area contributed by atoms with Crippen molar-refractivity contribution in [3.05, 3.63) is 72.3 Å². The van der Waals surface area contributed by atoms with Crippen molar-refractivity contribution in [1.29, 1.82) is 0 Å². The molecular formula is C20H17ClN4O. The Morgan fingerprint density at radius 1 is 1.08 bits per heavy atom. The molecule has 0 amide bonds. The van der Waals surface area contributed by atoms with Crippen LogP contribution in [0.4, 0.5) is 5.69 Å². The predicted octanol–water partition coefficient (Wildman–Crippen LogP) is 4.57. The highest BCUT2D eigenvalue weighted by atomic mass is 35.5. The summed E-state index contributed by atoms with van der Waals surface area (Å²) in [5, 5.41) is 14.6. The lowest BCUT2D eigenvalue weighted by Crippen LogP contribution is -2.11. The summed E-state index contributed by atoms with van der Waals surface area (Å²) < 4.78 is 2.08. The number of fused-ring (bicyclic) bond motifs is 1. The molecule has 2 N–H and O–H groups in total. The second-order valence-electron chi connectivity index (χ2n) is 5.97. The minimum atomic E-state index is 0.256. The van der Waals surface area contributed by atoms with Crippen molar-refractivity contribution in [3.63, 3.8) is 0 Å². The number of anilines is 1. The van der Waals surface area contributed by atoms with E-state index in [0.29, 0.717) is 5.02 Å². The highest BCUT2D eigenvalue weighted by Gasteiger charge is 2.06. The molecule has 0 radical (unpaired) electrons. The van der Waals surface area contributed by atoms with Gasteiger partial charge in [-0.15, -0.1) is 0 Å². The molecular weight excluding hydrogens is 348 g/mol. The number of halogens is 1. The quantitative estimate of drug-likeness (QED) is 0.544. The monoisotopic (exact) mass is 364 g/mol. The minimum Gasteiger partial charge on any atom is -0.508 e. The molecule has 2 heterocycles. The van der Waals surface area contributed by atoms with Gasteiger partial charge in [0.25, 0.3) is 0 Å². The first-order chi connectivity index (χ1) is 12.7. The number of phenols is 1. The van der Waals surface area contributed by atoms with Crippen molar-refractivity contribution < 1.29 is 5.11 Å². The third kappa shape index (κ3) is 3.34. The van der Waals surface area contributed by atoms with Crippen LogP contribution in [0.2, 0.25) is 5.02 Å². The number of pyridine rings is 1. The van der Waals surface area contributed by atoms with E-state index in [-0.39, 0.29) is 5.75 Å². The summed E-state index contributed by atoms with van der Waals surface area (Å²) >= 11 is 6.04. The summed E-state index contributed by atoms with van der Waals surface area (Å²) in [4.78, 5) is 8.62. The normalized spacial score (nSPS) is 11.0. The molecule has 26 heavy (non-hydrogen) atoms. The average molecular weight is 365 g/mol. The van der Waals surface area contributed by atoms with Crippen molar-refractivity contribution in [2.45, 2.75) is 6.54 Å². The van der Waals surface area contributed by atoms with Crippen LogP contribution in [0.5, 0.6) is 5.75 Å². The Balaban J connectivity index is 1.50. The van der Waals surface area contributed by atoms with Crippen LogP contribution in [0.15, 0.2) is 67.3 Å². The second-order valence-corrected chi connectivity index (χ2v) is 6.40. The first-order valence-electron chi connectivity index (χ1n) is 8.28. The molecule has 0 atom stereocenters. The van der Waals surface area contributed by atoms with Crippen LogP contribution in [0.1, 0.15) is 0 Å². The number of hydrogen-bond acceptors (Lipinski definition) is 4. The van der Waals surface area contributed by atoms with E-state index >= 15 is 0 Å². The Hall–Kier alpha value is -3.05. The van der Waals surface area contributed by atoms with Gasteiger partial charge >= 0.3 is 0 Å². The Kier molecular flexibility index (Phi) is 4.46. The third-order valence-electron chi connectivity index (χ3n) is 4.25. The smallest absolute Gasteiger partial charge is 0.115 e. The van der Waals surface area contributed by atoms with E-state index < -0.39 is 0 Å². The van der Waals surface area contributed by atoms with Gasteiger partial charge in [-0.1, -0.05) is 11.6 Å². The predicted molar refractivity (Wildman–Crippen MR) is 105 cm³/mol. The molecule has 0 saturated heterocycles. The van der Waals surface area contributed by atoms with Crippen molar-refractivity contribution in [3.8, 4) is 17.0 Å². The molecule has 0 aliphatic heterocycles. The highest BCUT2D eigenvalue weighted by Crippen LogP contribution is 2.25. The van der Waals surface area contributed by atoms with Gasteiger partial charge in [0, 0.05) is 40.9 Å². The average Bonchev–Trinajstić information content (AvgIpc) is 3.11. The Labute approximate surface area is 155 Å². The van der Waals surface area contributed by atoms with Crippen molar-refractivity contribution in [2.75, 3.05) is 11.9 Å². The first-order valence-corrected chi connectivity index (χ1v) is 8.66. The summed E-state index contributed by atoms with van der Waals surface area (Å²) in [5.41, 5.74) is 3.93. The van der Waals surface area contributed by atoms with Crippen LogP contribution in [-0.2, 0) is 6.54 Å². The molecule has 0 spiro atoms. The molecule has 0 saturated carbocycles. The standard InChI is InChI=1S/C20H17ClN4O/c21-15-3-6-17-18(7-8-23-19(17)11-15)24-9-10-25-13-22-12-20(25)14-1-4-16(26)5-2-14/h1-8,11-13,26H,9-10H2,(H,23,24). The number of aromatic nitrogens is 3. The maximum absolute atomic E-state index is 9.45. The van der Waals surface area contributed by atoms with E-state index in [4.69, 9.17) is 11.6 Å². The molecule has 5 nitrogen and oxygen atoms in total. The summed E-state index contributed by atoms with van der Waals surface area (Å²) in [6.45, 7) is 1.50. The SMILES string of the molecule is Oc1ccc(-c2cncn2CCNc2ccnc3cc(Cl)ccc23)cc1. The van der Waals surface area contributed by atoms with Crippen LogP contribution < -0.4 is 5.32 Å². The molecule has 0 aliphatic rings. The minimum absolute atomic E-state index is 0.256. The molecule has 6 heteroatoms. The zero-order valence-electron chi connectivity index (χ0n) is 13.9. The van der Waals surface area contributed by atoms with Crippen LogP contribution in [0.25, 0.3) is 22.2 Å². The van der Waals surface area contributed by atoms with Gasteiger partial charge < -0.3 is 15.0 Å². The summed E-state index contributed by atoms with van der Waals surface area (Å²) in [5.74, 6) is 0.256. The summed E-state index contributed by atoms with van der Waals surface area (Å²) in [6, 6.07) is 14.8. The molecule has 2 aromatic heterocycles. The zero-order valence-corrected chi connectivity index (χ0v) is 14.7. The second kappa shape index (κ2) is 7.06. The molecule has 2 aromatic carbocycles. The van der Waals surface area contributed by atoms with Gasteiger partial charge in [-0.25, -0.2) is 4.98 Å². The lowest BCUT2D eigenvalue weighted by molar-refractivity contribution is 0.475. The van der Waals surface area contributed by atoms with Gasteiger partial charge in [0.1, 0.15) is 5.75 Å². The number of rotatable bonds is 5. The fraction of sp³-hybridized carbons (Fsp3) is 0.100. The molecule has 0 bridgehead atoms. The number of aromatic hydroxyl groups is 1. The van der Waals surface area contributed by atoms with Crippen LogP contribution in [-0.4, -0.2) is 26.2 Å². The van der Waals surface area contributed by atoms with E-state index in [2.05, 4.69) is 19.9 Å². The van der Waals surface area contributed by atoms with Gasteiger partial charge in [-0.3, -0.25) is 4.98 Å². The molecule has 0 fully saturated rings. The van der Waals surface area contributed by atoms with Crippen LogP contribution in [0.3, 0.4) is 0 Å². The topological polar surface area (TPSA) is 63.0 Å². The van der Waals surface area contributed by atoms with E-state index in [1.165, 1.54) is 0 Å². The van der Waals surface area contributed by atoms with Crippen molar-refractivity contribution in [1.82, 2.24) is 14.5 Å². The number of nitrogens with zero attached hydrogens (tertiary/aromatic N) is 3. The van der Waals surface area contributed by atoms with Crippen molar-refractivity contribution >= 4 is 28.2 Å². The lowest BCUT2D eigenvalue weighted by atomic mass is 10.1. The number of nitrogens with one attached hydrogen (secondary N) is 1. The number of phenolic OH excluding ortho intramolecular Hbond substituents is 1. The zero-order chi connectivity index (χ0) is 17.9. The largest absolute Gasteiger partial charge is 0.508 e. The van der Waals surface area contributed by atoms with Crippen LogP contribution >= 0.6 is 11.6 Å². The van der Waals surface area contributed by atoms with Gasteiger partial charge in [0.05, 0.1) is 23.7 Å². The van der Waals surface area contributed by atoms with E-state index in [9.17, 15) is 5.11 Å². The summed E-state index contributed by atoms with van der Waals surface area (Å²) in [6.07, 6.45) is 5.42. The lowest BCUT2D eigenvalue weighted by Gasteiger charge is -2.12. The summed E-state index contributed by atoms with van der Waals surface area (Å²) in [7, 11) is 0. The molecule has 4 aromatic rings. The van der Waals surface area contributed by atoms with Gasteiger partial charge in [0.2, 0.25) is 0 Å². The van der Waals surface area contributed by atoms with Crippen molar-refractivity contribution in [2.24, 2.45) is 0 Å².